The molecule has 0 aliphatic rings. The van der Waals surface area contributed by atoms with Gasteiger partial charge in [0.05, 0.1) is 22.0 Å². The van der Waals surface area contributed by atoms with Crippen LogP contribution in [0, 0.1) is 11.3 Å². The monoisotopic (exact) mass is 305 g/mol. The van der Waals surface area contributed by atoms with Crippen LogP contribution in [-0.2, 0) is 6.42 Å². The lowest BCUT2D eigenvalue weighted by molar-refractivity contribution is 0.835. The Morgan fingerprint density at radius 2 is 2.25 bits per heavy atom. The van der Waals surface area contributed by atoms with Gasteiger partial charge in [0, 0.05) is 29.3 Å². The third-order valence-electron chi connectivity index (χ3n) is 2.86. The second-order valence-electron chi connectivity index (χ2n) is 4.81. The number of anilines is 1. The Labute approximate surface area is 128 Å². The maximum Gasteiger partial charge on any atom is 0.101 e. The molecule has 0 saturated heterocycles. The molecule has 0 aliphatic carbocycles. The Morgan fingerprint density at radius 3 is 2.90 bits per heavy atom. The van der Waals surface area contributed by atoms with Crippen LogP contribution in [0.4, 0.5) is 5.69 Å². The number of hydrogen-bond donors (Lipinski definition) is 1. The molecule has 0 atom stereocenters. The Kier molecular flexibility index (Phi) is 4.99. The molecule has 1 aromatic carbocycles. The Hall–Kier alpha value is -1.57. The van der Waals surface area contributed by atoms with Crippen LogP contribution in [0.25, 0.3) is 0 Å². The fourth-order valence-corrected chi connectivity index (χ4v) is 2.83. The highest BCUT2D eigenvalue weighted by Gasteiger charge is 2.06. The van der Waals surface area contributed by atoms with Crippen molar-refractivity contribution in [2.75, 3.05) is 11.9 Å². The lowest BCUT2D eigenvalue weighted by Crippen LogP contribution is -2.06. The maximum absolute atomic E-state index is 9.06. The second-order valence-corrected chi connectivity index (χ2v) is 6.14. The Morgan fingerprint density at radius 1 is 1.45 bits per heavy atom. The number of halogens is 1. The van der Waals surface area contributed by atoms with Gasteiger partial charge in [0.1, 0.15) is 6.07 Å². The lowest BCUT2D eigenvalue weighted by Gasteiger charge is -2.07. The molecule has 0 saturated carbocycles. The molecule has 1 heterocycles. The minimum absolute atomic E-state index is 0.475. The first-order valence-corrected chi connectivity index (χ1v) is 7.73. The van der Waals surface area contributed by atoms with Crippen molar-refractivity contribution in [3.8, 4) is 6.07 Å². The van der Waals surface area contributed by atoms with Crippen molar-refractivity contribution in [2.24, 2.45) is 0 Å². The van der Waals surface area contributed by atoms with E-state index in [9.17, 15) is 0 Å². The van der Waals surface area contributed by atoms with Gasteiger partial charge in [-0.1, -0.05) is 25.4 Å². The van der Waals surface area contributed by atoms with Crippen LogP contribution >= 0.6 is 22.9 Å². The van der Waals surface area contributed by atoms with Crippen LogP contribution in [0.5, 0.6) is 0 Å². The topological polar surface area (TPSA) is 48.7 Å². The number of nitrogens with zero attached hydrogens (tertiary/aromatic N) is 2. The van der Waals surface area contributed by atoms with Crippen LogP contribution in [0.1, 0.15) is 36.0 Å². The normalized spacial score (nSPS) is 10.6. The number of benzene rings is 1. The third kappa shape index (κ3) is 3.72. The van der Waals surface area contributed by atoms with Crippen molar-refractivity contribution in [1.82, 2.24) is 4.98 Å². The van der Waals surface area contributed by atoms with Crippen LogP contribution in [-0.4, -0.2) is 11.5 Å². The SMILES string of the molecule is CC(C)c1nc(CCNc2ccc(Cl)cc2C#N)cs1. The first-order chi connectivity index (χ1) is 9.60. The molecule has 0 spiro atoms. The molecule has 0 fully saturated rings. The molecule has 0 amide bonds. The van der Waals surface area contributed by atoms with Crippen LogP contribution in [0.15, 0.2) is 23.6 Å². The lowest BCUT2D eigenvalue weighted by atomic mass is 10.2. The van der Waals surface area contributed by atoms with Gasteiger partial charge in [-0.05, 0) is 18.2 Å². The molecule has 20 heavy (non-hydrogen) atoms. The van der Waals surface area contributed by atoms with E-state index in [1.165, 1.54) is 5.01 Å². The first-order valence-electron chi connectivity index (χ1n) is 6.48. The molecule has 0 unspecified atom stereocenters. The summed E-state index contributed by atoms with van der Waals surface area (Å²) in [5, 5.41) is 16.2. The van der Waals surface area contributed by atoms with E-state index in [0.29, 0.717) is 16.5 Å². The summed E-state index contributed by atoms with van der Waals surface area (Å²) in [6, 6.07) is 7.43. The van der Waals surface area contributed by atoms with Crippen molar-refractivity contribution < 1.29 is 0 Å². The largest absolute Gasteiger partial charge is 0.384 e. The van der Waals surface area contributed by atoms with Gasteiger partial charge in [0.25, 0.3) is 0 Å². The number of rotatable bonds is 5. The molecule has 5 heteroatoms. The molecular weight excluding hydrogens is 290 g/mol. The van der Waals surface area contributed by atoms with Crippen LogP contribution in [0.2, 0.25) is 5.02 Å². The van der Waals surface area contributed by atoms with Gasteiger partial charge < -0.3 is 5.32 Å². The van der Waals surface area contributed by atoms with E-state index in [4.69, 9.17) is 16.9 Å². The molecule has 2 aromatic rings. The summed E-state index contributed by atoms with van der Waals surface area (Å²) in [4.78, 5) is 4.59. The van der Waals surface area contributed by atoms with Gasteiger partial charge in [-0.25, -0.2) is 4.98 Å². The van der Waals surface area contributed by atoms with Crippen molar-refractivity contribution >= 4 is 28.6 Å². The number of aromatic nitrogens is 1. The predicted molar refractivity (Wildman–Crippen MR) is 84.6 cm³/mol. The van der Waals surface area contributed by atoms with E-state index in [2.05, 4.69) is 35.6 Å². The highest BCUT2D eigenvalue weighted by Crippen LogP contribution is 2.21. The number of nitriles is 1. The van der Waals surface area contributed by atoms with Gasteiger partial charge in [-0.3, -0.25) is 0 Å². The van der Waals surface area contributed by atoms with Crippen molar-refractivity contribution in [3.63, 3.8) is 0 Å². The summed E-state index contributed by atoms with van der Waals surface area (Å²) in [5.41, 5.74) is 2.48. The first kappa shape index (κ1) is 14.8. The van der Waals surface area contributed by atoms with Crippen molar-refractivity contribution in [1.29, 1.82) is 5.26 Å². The van der Waals surface area contributed by atoms with Crippen LogP contribution in [0.3, 0.4) is 0 Å². The van der Waals surface area contributed by atoms with Crippen LogP contribution < -0.4 is 5.32 Å². The van der Waals surface area contributed by atoms with E-state index < -0.39 is 0 Å². The van der Waals surface area contributed by atoms with Crippen molar-refractivity contribution in [2.45, 2.75) is 26.2 Å². The van der Waals surface area contributed by atoms with E-state index in [1.807, 2.05) is 6.07 Å². The summed E-state index contributed by atoms with van der Waals surface area (Å²) < 4.78 is 0. The fourth-order valence-electron chi connectivity index (χ4n) is 1.79. The Balaban J connectivity index is 1.94. The summed E-state index contributed by atoms with van der Waals surface area (Å²) in [6.45, 7) is 5.04. The quantitative estimate of drug-likeness (QED) is 0.888. The number of hydrogen-bond acceptors (Lipinski definition) is 4. The fraction of sp³-hybridized carbons (Fsp3) is 0.333. The van der Waals surface area contributed by atoms with E-state index in [-0.39, 0.29) is 0 Å². The van der Waals surface area contributed by atoms with E-state index in [0.717, 1.165) is 24.3 Å². The van der Waals surface area contributed by atoms with Gasteiger partial charge in [-0.2, -0.15) is 5.26 Å². The minimum atomic E-state index is 0.475. The minimum Gasteiger partial charge on any atom is -0.384 e. The molecule has 0 aliphatic heterocycles. The predicted octanol–water partition coefficient (Wildman–Crippen LogP) is 4.45. The van der Waals surface area contributed by atoms with E-state index in [1.54, 1.807) is 23.5 Å². The van der Waals surface area contributed by atoms with Gasteiger partial charge in [0.15, 0.2) is 0 Å². The number of nitrogens with one attached hydrogen (secondary N) is 1. The maximum atomic E-state index is 9.06. The zero-order chi connectivity index (χ0) is 14.5. The third-order valence-corrected chi connectivity index (χ3v) is 4.29. The highest BCUT2D eigenvalue weighted by molar-refractivity contribution is 7.09. The smallest absolute Gasteiger partial charge is 0.101 e. The summed E-state index contributed by atoms with van der Waals surface area (Å²) in [7, 11) is 0. The molecule has 1 aromatic heterocycles. The molecule has 0 bridgehead atoms. The van der Waals surface area contributed by atoms with Gasteiger partial charge >= 0.3 is 0 Å². The Bertz CT molecular complexity index is 628. The molecular formula is C15H16ClN3S. The number of thiazole rings is 1. The average molecular weight is 306 g/mol. The zero-order valence-corrected chi connectivity index (χ0v) is 13.1. The summed E-state index contributed by atoms with van der Waals surface area (Å²) in [6.07, 6.45) is 0.844. The molecule has 1 N–H and O–H groups in total. The molecule has 2 rings (SSSR count). The molecule has 104 valence electrons. The summed E-state index contributed by atoms with van der Waals surface area (Å²) in [5.74, 6) is 0.475. The standard InChI is InChI=1S/C15H16ClN3S/c1-10(2)15-19-13(9-20-15)5-6-18-14-4-3-12(16)7-11(14)8-17/h3-4,7,9-10,18H,5-6H2,1-2H3. The summed E-state index contributed by atoms with van der Waals surface area (Å²) >= 11 is 7.58. The molecule has 3 nitrogen and oxygen atoms in total. The van der Waals surface area contributed by atoms with Gasteiger partial charge in [-0.15, -0.1) is 11.3 Å². The van der Waals surface area contributed by atoms with Gasteiger partial charge in [0.2, 0.25) is 0 Å². The van der Waals surface area contributed by atoms with Crippen molar-refractivity contribution in [3.05, 3.63) is 44.9 Å². The average Bonchev–Trinajstić information content (AvgIpc) is 2.89. The molecule has 0 radical (unpaired) electrons. The highest BCUT2D eigenvalue weighted by atomic mass is 35.5. The zero-order valence-electron chi connectivity index (χ0n) is 11.5. The second kappa shape index (κ2) is 6.74. The van der Waals surface area contributed by atoms with E-state index >= 15 is 0 Å².